The Hall–Kier alpha value is -0.120. The van der Waals surface area contributed by atoms with Crippen molar-refractivity contribution < 1.29 is 10.2 Å². The second kappa shape index (κ2) is 6.46. The highest BCUT2D eigenvalue weighted by Crippen LogP contribution is 2.29. The van der Waals surface area contributed by atoms with E-state index in [1.165, 1.54) is 12.8 Å². The molecule has 0 saturated heterocycles. The van der Waals surface area contributed by atoms with Gasteiger partial charge in [0.05, 0.1) is 5.60 Å². The molecule has 0 aromatic rings. The van der Waals surface area contributed by atoms with Gasteiger partial charge >= 0.3 is 0 Å². The second-order valence-electron chi connectivity index (χ2n) is 4.95. The molecular weight excluding hydrogens is 190 g/mol. The van der Waals surface area contributed by atoms with Gasteiger partial charge in [-0.15, -0.1) is 0 Å². The number of aliphatic hydroxyl groups excluding tert-OH is 1. The molecule has 0 bridgehead atoms. The number of rotatable bonds is 7. The SMILES string of the molecule is CN(CCCCCO)CC1(O)CCCC1. The zero-order valence-electron chi connectivity index (χ0n) is 9.91. The van der Waals surface area contributed by atoms with Crippen LogP contribution in [0.3, 0.4) is 0 Å². The maximum absolute atomic E-state index is 10.2. The van der Waals surface area contributed by atoms with Gasteiger partial charge < -0.3 is 15.1 Å². The zero-order chi connectivity index (χ0) is 11.1. The standard InChI is InChI=1S/C12H25NO2/c1-13(9-5-2-6-10-14)11-12(15)7-3-4-8-12/h14-15H,2-11H2,1H3. The van der Waals surface area contributed by atoms with Crippen LogP contribution in [0.2, 0.25) is 0 Å². The van der Waals surface area contributed by atoms with Crippen molar-refractivity contribution in [2.45, 2.75) is 50.5 Å². The Morgan fingerprint density at radius 1 is 1.13 bits per heavy atom. The molecule has 0 amide bonds. The third kappa shape index (κ3) is 4.96. The molecule has 0 heterocycles. The highest BCUT2D eigenvalue weighted by molar-refractivity contribution is 4.86. The molecule has 1 fully saturated rings. The van der Waals surface area contributed by atoms with Crippen LogP contribution in [0.25, 0.3) is 0 Å². The molecule has 1 rings (SSSR count). The summed E-state index contributed by atoms with van der Waals surface area (Å²) in [6.45, 7) is 2.14. The Bertz CT molecular complexity index is 167. The van der Waals surface area contributed by atoms with E-state index in [0.717, 1.165) is 45.2 Å². The molecule has 15 heavy (non-hydrogen) atoms. The molecule has 0 aromatic heterocycles. The van der Waals surface area contributed by atoms with Gasteiger partial charge in [0.25, 0.3) is 0 Å². The van der Waals surface area contributed by atoms with Crippen molar-refractivity contribution in [2.75, 3.05) is 26.7 Å². The fraction of sp³-hybridized carbons (Fsp3) is 1.00. The Kier molecular flexibility index (Phi) is 5.58. The molecule has 0 atom stereocenters. The molecule has 3 nitrogen and oxygen atoms in total. The lowest BCUT2D eigenvalue weighted by molar-refractivity contribution is 0.0160. The van der Waals surface area contributed by atoms with E-state index in [-0.39, 0.29) is 0 Å². The maximum Gasteiger partial charge on any atom is 0.0774 e. The van der Waals surface area contributed by atoms with Crippen molar-refractivity contribution in [1.29, 1.82) is 0 Å². The normalized spacial score (nSPS) is 20.0. The summed E-state index contributed by atoms with van der Waals surface area (Å²) in [5.41, 5.74) is -0.411. The molecule has 1 saturated carbocycles. The van der Waals surface area contributed by atoms with E-state index in [0.29, 0.717) is 6.61 Å². The Labute approximate surface area is 93.1 Å². The van der Waals surface area contributed by atoms with Gasteiger partial charge in [0.2, 0.25) is 0 Å². The highest BCUT2D eigenvalue weighted by Gasteiger charge is 2.31. The first-order chi connectivity index (χ1) is 7.16. The van der Waals surface area contributed by atoms with Gasteiger partial charge in [0.1, 0.15) is 0 Å². The molecule has 0 unspecified atom stereocenters. The van der Waals surface area contributed by atoms with E-state index in [1.807, 2.05) is 0 Å². The van der Waals surface area contributed by atoms with Crippen LogP contribution in [-0.2, 0) is 0 Å². The Balaban J connectivity index is 2.09. The Morgan fingerprint density at radius 3 is 2.40 bits per heavy atom. The second-order valence-corrected chi connectivity index (χ2v) is 4.95. The van der Waals surface area contributed by atoms with E-state index < -0.39 is 5.60 Å². The van der Waals surface area contributed by atoms with Crippen LogP contribution in [0.15, 0.2) is 0 Å². The van der Waals surface area contributed by atoms with Crippen LogP contribution in [0.5, 0.6) is 0 Å². The van der Waals surface area contributed by atoms with Crippen molar-refractivity contribution >= 4 is 0 Å². The summed E-state index contributed by atoms with van der Waals surface area (Å²) in [6.07, 6.45) is 7.39. The predicted octanol–water partition coefficient (Wildman–Crippen LogP) is 1.39. The molecule has 1 aliphatic carbocycles. The lowest BCUT2D eigenvalue weighted by atomic mass is 10.0. The van der Waals surface area contributed by atoms with Gasteiger partial charge in [-0.05, 0) is 45.7 Å². The van der Waals surface area contributed by atoms with Gasteiger partial charge in [-0.3, -0.25) is 0 Å². The van der Waals surface area contributed by atoms with E-state index in [2.05, 4.69) is 11.9 Å². The van der Waals surface area contributed by atoms with Crippen LogP contribution in [0.4, 0.5) is 0 Å². The highest BCUT2D eigenvalue weighted by atomic mass is 16.3. The average Bonchev–Trinajstić information content (AvgIpc) is 2.59. The molecule has 0 aromatic carbocycles. The lowest BCUT2D eigenvalue weighted by Gasteiger charge is -2.28. The van der Waals surface area contributed by atoms with Gasteiger partial charge in [0.15, 0.2) is 0 Å². The summed E-state index contributed by atoms with van der Waals surface area (Å²) in [6, 6.07) is 0. The summed E-state index contributed by atoms with van der Waals surface area (Å²) in [5.74, 6) is 0. The van der Waals surface area contributed by atoms with Crippen LogP contribution in [0, 0.1) is 0 Å². The molecular formula is C12H25NO2. The van der Waals surface area contributed by atoms with E-state index in [9.17, 15) is 5.11 Å². The van der Waals surface area contributed by atoms with Crippen LogP contribution in [-0.4, -0.2) is 47.5 Å². The molecule has 2 N–H and O–H groups in total. The minimum atomic E-state index is -0.411. The van der Waals surface area contributed by atoms with Crippen molar-refractivity contribution in [2.24, 2.45) is 0 Å². The molecule has 1 aliphatic rings. The van der Waals surface area contributed by atoms with E-state index in [4.69, 9.17) is 5.11 Å². The van der Waals surface area contributed by atoms with Crippen LogP contribution < -0.4 is 0 Å². The smallest absolute Gasteiger partial charge is 0.0774 e. The van der Waals surface area contributed by atoms with E-state index >= 15 is 0 Å². The lowest BCUT2D eigenvalue weighted by Crippen LogP contribution is -2.39. The quantitative estimate of drug-likeness (QED) is 0.631. The number of hydrogen-bond acceptors (Lipinski definition) is 3. The molecule has 0 spiro atoms. The van der Waals surface area contributed by atoms with Gasteiger partial charge in [-0.1, -0.05) is 12.8 Å². The predicted molar refractivity (Wildman–Crippen MR) is 61.9 cm³/mol. The Morgan fingerprint density at radius 2 is 1.80 bits per heavy atom. The maximum atomic E-state index is 10.2. The van der Waals surface area contributed by atoms with Crippen LogP contribution >= 0.6 is 0 Å². The van der Waals surface area contributed by atoms with Crippen molar-refractivity contribution in [3.8, 4) is 0 Å². The van der Waals surface area contributed by atoms with Crippen LogP contribution in [0.1, 0.15) is 44.9 Å². The number of likely N-dealkylation sites (N-methyl/N-ethyl adjacent to an activating group) is 1. The molecule has 0 radical (unpaired) electrons. The minimum Gasteiger partial charge on any atom is -0.396 e. The van der Waals surface area contributed by atoms with Crippen molar-refractivity contribution in [3.63, 3.8) is 0 Å². The third-order valence-corrected chi connectivity index (χ3v) is 3.30. The number of hydrogen-bond donors (Lipinski definition) is 2. The number of unbranched alkanes of at least 4 members (excludes halogenated alkanes) is 2. The fourth-order valence-electron chi connectivity index (χ4n) is 2.44. The summed E-state index contributed by atoms with van der Waals surface area (Å²) in [5, 5.41) is 18.8. The summed E-state index contributed by atoms with van der Waals surface area (Å²) < 4.78 is 0. The average molecular weight is 215 g/mol. The third-order valence-electron chi connectivity index (χ3n) is 3.30. The van der Waals surface area contributed by atoms with Gasteiger partial charge in [0, 0.05) is 13.2 Å². The first-order valence-electron chi connectivity index (χ1n) is 6.18. The zero-order valence-corrected chi connectivity index (χ0v) is 9.91. The molecule has 90 valence electrons. The summed E-state index contributed by atoms with van der Waals surface area (Å²) in [4.78, 5) is 2.22. The molecule has 3 heteroatoms. The summed E-state index contributed by atoms with van der Waals surface area (Å²) >= 11 is 0. The van der Waals surface area contributed by atoms with Crippen molar-refractivity contribution in [3.05, 3.63) is 0 Å². The van der Waals surface area contributed by atoms with Gasteiger partial charge in [-0.2, -0.15) is 0 Å². The summed E-state index contributed by atoms with van der Waals surface area (Å²) in [7, 11) is 2.08. The fourth-order valence-corrected chi connectivity index (χ4v) is 2.44. The minimum absolute atomic E-state index is 0.299. The first kappa shape index (κ1) is 12.9. The largest absolute Gasteiger partial charge is 0.396 e. The van der Waals surface area contributed by atoms with Crippen molar-refractivity contribution in [1.82, 2.24) is 4.90 Å². The number of aliphatic hydroxyl groups is 2. The monoisotopic (exact) mass is 215 g/mol. The molecule has 0 aliphatic heterocycles. The topological polar surface area (TPSA) is 43.7 Å². The first-order valence-corrected chi connectivity index (χ1v) is 6.18. The van der Waals surface area contributed by atoms with Gasteiger partial charge in [-0.25, -0.2) is 0 Å². The van der Waals surface area contributed by atoms with E-state index in [1.54, 1.807) is 0 Å². The number of nitrogens with zero attached hydrogens (tertiary/aromatic N) is 1.